The second kappa shape index (κ2) is 8.63. The number of benzene rings is 2. The van der Waals surface area contributed by atoms with Crippen LogP contribution in [0.2, 0.25) is 0 Å². The van der Waals surface area contributed by atoms with Crippen molar-refractivity contribution in [3.8, 4) is 11.5 Å². The molecule has 0 saturated heterocycles. The molecular weight excluding hydrogens is 464 g/mol. The summed E-state index contributed by atoms with van der Waals surface area (Å²) < 4.78 is 17.1. The van der Waals surface area contributed by atoms with Gasteiger partial charge in [-0.05, 0) is 78.5 Å². The number of methoxy groups -OCH3 is 1. The first-order valence-corrected chi connectivity index (χ1v) is 10.8. The number of carbonyl (C=O) groups excluding carboxylic acids is 2. The number of ketones is 1. The van der Waals surface area contributed by atoms with Gasteiger partial charge in [-0.1, -0.05) is 19.1 Å². The average molecular weight is 491 g/mol. The number of ether oxygens (including phenoxy) is 3. The van der Waals surface area contributed by atoms with Crippen molar-refractivity contribution in [2.24, 2.45) is 5.92 Å². The Morgan fingerprint density at radius 3 is 2.45 bits per heavy atom. The molecule has 7 heteroatoms. The molecule has 0 saturated carbocycles. The van der Waals surface area contributed by atoms with Gasteiger partial charge in [-0.25, -0.2) is 4.79 Å². The van der Waals surface area contributed by atoms with Gasteiger partial charge in [0.15, 0.2) is 0 Å². The molecule has 2 atom stereocenters. The average Bonchev–Trinajstić information content (AvgIpc) is 2.70. The molecule has 6 nitrogen and oxygen atoms in total. The summed E-state index contributed by atoms with van der Waals surface area (Å²) in [4.78, 5) is 26.0. The van der Waals surface area contributed by atoms with E-state index in [1.165, 1.54) is 0 Å². The van der Waals surface area contributed by atoms with Gasteiger partial charge in [0.05, 0.1) is 11.6 Å². The minimum Gasteiger partial charge on any atom is -0.497 e. The minimum atomic E-state index is -2.23. The van der Waals surface area contributed by atoms with Crippen LogP contribution >= 0.6 is 15.9 Å². The van der Waals surface area contributed by atoms with Crippen LogP contribution in [0, 0.1) is 5.92 Å². The van der Waals surface area contributed by atoms with Crippen molar-refractivity contribution in [1.82, 2.24) is 0 Å². The molecule has 1 aliphatic rings. The van der Waals surface area contributed by atoms with E-state index in [2.05, 4.69) is 15.9 Å². The van der Waals surface area contributed by atoms with E-state index in [0.717, 1.165) is 16.9 Å². The summed E-state index contributed by atoms with van der Waals surface area (Å²) >= 11 is 3.50. The lowest BCUT2D eigenvalue weighted by atomic mass is 9.72. The molecule has 166 valence electrons. The van der Waals surface area contributed by atoms with E-state index in [0.29, 0.717) is 16.6 Å². The number of hydrogen-bond donors (Lipinski definition) is 1. The standard InChI is InChI=1S/C24H27BrO6/c1-14-10-16-11-19(25)20(30-13-15-6-8-17(29-5)9-7-15)12-18(16)21(26)24(14,28)22(27)31-23(2,3)4/h6-9,11-12,14,28H,10,13H2,1-5H3/t14-,24+/m0/s1. The number of halogens is 1. The van der Waals surface area contributed by atoms with E-state index in [4.69, 9.17) is 14.2 Å². The molecule has 0 amide bonds. The predicted octanol–water partition coefficient (Wildman–Crippen LogP) is 4.48. The SMILES string of the molecule is COc1ccc(COc2cc3c(cc2Br)C[C@H](C)[C@](O)(C(=O)OC(C)(C)C)C3=O)cc1. The van der Waals surface area contributed by atoms with Gasteiger partial charge in [-0.2, -0.15) is 0 Å². The van der Waals surface area contributed by atoms with E-state index in [-0.39, 0.29) is 12.2 Å². The number of fused-ring (bicyclic) bond motifs is 1. The van der Waals surface area contributed by atoms with Crippen LogP contribution in [0.15, 0.2) is 40.9 Å². The van der Waals surface area contributed by atoms with Gasteiger partial charge in [0.2, 0.25) is 11.4 Å². The molecular formula is C24H27BrO6. The Kier molecular flexibility index (Phi) is 6.48. The third-order valence-corrected chi connectivity index (χ3v) is 5.87. The smallest absolute Gasteiger partial charge is 0.347 e. The van der Waals surface area contributed by atoms with Crippen molar-refractivity contribution in [3.05, 3.63) is 57.6 Å². The van der Waals surface area contributed by atoms with Crippen LogP contribution < -0.4 is 9.47 Å². The molecule has 1 aliphatic carbocycles. The van der Waals surface area contributed by atoms with Crippen LogP contribution in [0.1, 0.15) is 49.2 Å². The Hall–Kier alpha value is -2.38. The summed E-state index contributed by atoms with van der Waals surface area (Å²) in [7, 11) is 1.60. The molecule has 0 aromatic heterocycles. The normalized spacial score (nSPS) is 20.7. The molecule has 31 heavy (non-hydrogen) atoms. The third-order valence-electron chi connectivity index (χ3n) is 5.25. The topological polar surface area (TPSA) is 82.1 Å². The molecule has 0 fully saturated rings. The van der Waals surface area contributed by atoms with Gasteiger partial charge < -0.3 is 19.3 Å². The van der Waals surface area contributed by atoms with E-state index in [1.54, 1.807) is 40.9 Å². The maximum Gasteiger partial charge on any atom is 0.347 e. The second-order valence-corrected chi connectivity index (χ2v) is 9.63. The molecule has 3 rings (SSSR count). The van der Waals surface area contributed by atoms with Gasteiger partial charge in [-0.15, -0.1) is 0 Å². The minimum absolute atomic E-state index is 0.263. The maximum absolute atomic E-state index is 13.2. The van der Waals surface area contributed by atoms with Crippen molar-refractivity contribution in [1.29, 1.82) is 0 Å². The van der Waals surface area contributed by atoms with Crippen LogP contribution in [-0.4, -0.2) is 35.2 Å². The summed E-state index contributed by atoms with van der Waals surface area (Å²) in [6, 6.07) is 10.8. The molecule has 2 aromatic carbocycles. The lowest BCUT2D eigenvalue weighted by Crippen LogP contribution is -2.57. The molecule has 0 radical (unpaired) electrons. The fourth-order valence-electron chi connectivity index (χ4n) is 3.52. The number of rotatable bonds is 5. The lowest BCUT2D eigenvalue weighted by molar-refractivity contribution is -0.176. The first kappa shape index (κ1) is 23.3. The first-order valence-electron chi connectivity index (χ1n) is 10.0. The van der Waals surface area contributed by atoms with Crippen molar-refractivity contribution in [2.75, 3.05) is 7.11 Å². The molecule has 0 spiro atoms. The van der Waals surface area contributed by atoms with Crippen LogP contribution in [0.4, 0.5) is 0 Å². The van der Waals surface area contributed by atoms with Gasteiger partial charge in [0, 0.05) is 11.5 Å². The van der Waals surface area contributed by atoms with E-state index >= 15 is 0 Å². The molecule has 0 heterocycles. The van der Waals surface area contributed by atoms with Crippen molar-refractivity contribution < 1.29 is 28.9 Å². The van der Waals surface area contributed by atoms with Gasteiger partial charge in [-0.3, -0.25) is 4.79 Å². The summed E-state index contributed by atoms with van der Waals surface area (Å²) in [6.07, 6.45) is 0.355. The van der Waals surface area contributed by atoms with Crippen LogP contribution in [-0.2, 0) is 22.6 Å². The molecule has 2 aromatic rings. The predicted molar refractivity (Wildman–Crippen MR) is 119 cm³/mol. The quantitative estimate of drug-likeness (QED) is 0.491. The Morgan fingerprint density at radius 1 is 1.23 bits per heavy atom. The summed E-state index contributed by atoms with van der Waals surface area (Å²) in [5, 5.41) is 11.1. The molecule has 0 unspecified atom stereocenters. The number of Topliss-reactive ketones (excluding diaryl/α,β-unsaturated/α-hetero) is 1. The number of hydrogen-bond acceptors (Lipinski definition) is 6. The molecule has 1 N–H and O–H groups in total. The van der Waals surface area contributed by atoms with E-state index in [9.17, 15) is 14.7 Å². The van der Waals surface area contributed by atoms with E-state index in [1.807, 2.05) is 30.3 Å². The molecule has 0 bridgehead atoms. The van der Waals surface area contributed by atoms with Crippen LogP contribution in [0.25, 0.3) is 0 Å². The van der Waals surface area contributed by atoms with Gasteiger partial charge >= 0.3 is 5.97 Å². The summed E-state index contributed by atoms with van der Waals surface area (Å²) in [5.41, 5.74) is -1.12. The highest BCUT2D eigenvalue weighted by Crippen LogP contribution is 2.39. The summed E-state index contributed by atoms with van der Waals surface area (Å²) in [6.45, 7) is 7.04. The zero-order valence-corrected chi connectivity index (χ0v) is 19.9. The largest absolute Gasteiger partial charge is 0.497 e. The second-order valence-electron chi connectivity index (χ2n) is 8.78. The first-order chi connectivity index (χ1) is 14.5. The lowest BCUT2D eigenvalue weighted by Gasteiger charge is -2.37. The fourth-order valence-corrected chi connectivity index (χ4v) is 4.03. The van der Waals surface area contributed by atoms with E-state index < -0.39 is 28.9 Å². The Bertz CT molecular complexity index is 992. The monoisotopic (exact) mass is 490 g/mol. The van der Waals surface area contributed by atoms with Crippen LogP contribution in [0.3, 0.4) is 0 Å². The van der Waals surface area contributed by atoms with Crippen molar-refractivity contribution in [3.63, 3.8) is 0 Å². The number of aliphatic hydroxyl groups is 1. The number of esters is 1. The zero-order chi connectivity index (χ0) is 23.0. The number of carbonyl (C=O) groups is 2. The highest BCUT2D eigenvalue weighted by Gasteiger charge is 2.54. The highest BCUT2D eigenvalue weighted by atomic mass is 79.9. The Labute approximate surface area is 190 Å². The Balaban J connectivity index is 1.87. The van der Waals surface area contributed by atoms with Gasteiger partial charge in [0.25, 0.3) is 0 Å². The van der Waals surface area contributed by atoms with Gasteiger partial charge in [0.1, 0.15) is 23.7 Å². The van der Waals surface area contributed by atoms with Crippen LogP contribution in [0.5, 0.6) is 11.5 Å². The summed E-state index contributed by atoms with van der Waals surface area (Å²) in [5.74, 6) is -1.02. The van der Waals surface area contributed by atoms with Crippen molar-refractivity contribution >= 4 is 27.7 Å². The highest BCUT2D eigenvalue weighted by molar-refractivity contribution is 9.10. The molecule has 0 aliphatic heterocycles. The van der Waals surface area contributed by atoms with Crippen molar-refractivity contribution in [2.45, 2.75) is 51.9 Å². The maximum atomic E-state index is 13.2. The zero-order valence-electron chi connectivity index (χ0n) is 18.3. The third kappa shape index (κ3) is 4.77. The Morgan fingerprint density at radius 2 is 1.87 bits per heavy atom. The fraction of sp³-hybridized carbons (Fsp3) is 0.417.